The molecule has 0 spiro atoms. The highest BCUT2D eigenvalue weighted by Crippen LogP contribution is 2.22. The van der Waals surface area contributed by atoms with Gasteiger partial charge in [0.1, 0.15) is 11.5 Å². The lowest BCUT2D eigenvalue weighted by Gasteiger charge is -2.34. The van der Waals surface area contributed by atoms with Crippen LogP contribution in [-0.2, 0) is 4.74 Å². The lowest BCUT2D eigenvalue weighted by Crippen LogP contribution is -2.50. The van der Waals surface area contributed by atoms with Gasteiger partial charge < -0.3 is 19.5 Å². The zero-order chi connectivity index (χ0) is 21.3. The minimum absolute atomic E-state index is 0.0872. The van der Waals surface area contributed by atoms with Gasteiger partial charge in [-0.25, -0.2) is 9.18 Å². The Morgan fingerprint density at radius 3 is 2.24 bits per heavy atom. The number of methoxy groups -OCH3 is 1. The second kappa shape index (κ2) is 8.24. The highest BCUT2D eigenvalue weighted by atomic mass is 35.5. The number of ether oxygens (including phenoxy) is 1. The summed E-state index contributed by atoms with van der Waals surface area (Å²) in [6, 6.07) is 3.84. The van der Waals surface area contributed by atoms with Gasteiger partial charge in [0, 0.05) is 36.9 Å². The topological polar surface area (TPSA) is 82.7 Å². The number of esters is 1. The third kappa shape index (κ3) is 3.98. The Morgan fingerprint density at radius 1 is 1.07 bits per heavy atom. The lowest BCUT2D eigenvalue weighted by atomic mass is 10.1. The second-order valence-electron chi connectivity index (χ2n) is 6.83. The molecule has 0 unspecified atom stereocenters. The summed E-state index contributed by atoms with van der Waals surface area (Å²) < 4.78 is 18.7. The quantitative estimate of drug-likeness (QED) is 0.772. The van der Waals surface area contributed by atoms with Crippen molar-refractivity contribution in [2.45, 2.75) is 13.8 Å². The van der Waals surface area contributed by atoms with Gasteiger partial charge in [-0.1, -0.05) is 11.6 Å². The van der Waals surface area contributed by atoms with Crippen molar-refractivity contribution in [3.05, 3.63) is 57.1 Å². The van der Waals surface area contributed by atoms with Crippen LogP contribution in [0.2, 0.25) is 5.02 Å². The number of amides is 2. The van der Waals surface area contributed by atoms with Crippen LogP contribution in [-0.4, -0.2) is 65.9 Å². The van der Waals surface area contributed by atoms with E-state index in [-0.39, 0.29) is 42.7 Å². The molecule has 1 aliphatic heterocycles. The van der Waals surface area contributed by atoms with Crippen LogP contribution >= 0.6 is 11.6 Å². The van der Waals surface area contributed by atoms with Gasteiger partial charge in [0.25, 0.3) is 11.8 Å². The molecule has 0 bridgehead atoms. The standard InChI is InChI=1S/C20H21ClFN3O4/c1-11-16(20(28)29-3)12(2)23-17(11)19(27)25-8-6-24(7-9-25)18(26)14-10-13(21)4-5-15(14)22/h4-5,10,23H,6-9H2,1-3H3. The van der Waals surface area contributed by atoms with Crippen LogP contribution < -0.4 is 0 Å². The Bertz CT molecular complexity index is 980. The van der Waals surface area contributed by atoms with Gasteiger partial charge in [0.05, 0.1) is 18.2 Å². The minimum Gasteiger partial charge on any atom is -0.465 e. The predicted octanol–water partition coefficient (Wildman–Crippen LogP) is 2.81. The number of nitrogens with one attached hydrogen (secondary N) is 1. The van der Waals surface area contributed by atoms with E-state index in [1.807, 2.05) is 0 Å². The Balaban J connectivity index is 1.71. The van der Waals surface area contributed by atoms with Crippen LogP contribution in [0, 0.1) is 19.7 Å². The van der Waals surface area contributed by atoms with Gasteiger partial charge in [0.15, 0.2) is 0 Å². The molecule has 2 amide bonds. The van der Waals surface area contributed by atoms with Gasteiger partial charge in [-0.05, 0) is 37.6 Å². The molecule has 3 rings (SSSR count). The number of carbonyl (C=O) groups excluding carboxylic acids is 3. The highest BCUT2D eigenvalue weighted by molar-refractivity contribution is 6.31. The molecule has 154 valence electrons. The van der Waals surface area contributed by atoms with Gasteiger partial charge in [-0.2, -0.15) is 0 Å². The summed E-state index contributed by atoms with van der Waals surface area (Å²) in [5, 5.41) is 0.280. The second-order valence-corrected chi connectivity index (χ2v) is 7.26. The number of aromatic nitrogens is 1. The third-order valence-electron chi connectivity index (χ3n) is 5.05. The number of aryl methyl sites for hydroxylation is 1. The molecule has 2 heterocycles. The molecule has 2 aromatic rings. The van der Waals surface area contributed by atoms with E-state index >= 15 is 0 Å². The van der Waals surface area contributed by atoms with Crippen LogP contribution in [0.3, 0.4) is 0 Å². The number of carbonyl (C=O) groups is 3. The third-order valence-corrected chi connectivity index (χ3v) is 5.29. The van der Waals surface area contributed by atoms with Crippen LogP contribution in [0.25, 0.3) is 0 Å². The maximum absolute atomic E-state index is 14.0. The monoisotopic (exact) mass is 421 g/mol. The maximum Gasteiger partial charge on any atom is 0.339 e. The average Bonchev–Trinajstić information content (AvgIpc) is 3.02. The number of nitrogens with zero attached hydrogens (tertiary/aromatic N) is 2. The summed E-state index contributed by atoms with van der Waals surface area (Å²) in [5.41, 5.74) is 1.67. The van der Waals surface area contributed by atoms with Crippen molar-refractivity contribution < 1.29 is 23.5 Å². The van der Waals surface area contributed by atoms with Crippen molar-refractivity contribution in [2.75, 3.05) is 33.3 Å². The van der Waals surface area contributed by atoms with E-state index in [1.165, 1.54) is 24.1 Å². The van der Waals surface area contributed by atoms with E-state index in [9.17, 15) is 18.8 Å². The largest absolute Gasteiger partial charge is 0.465 e. The van der Waals surface area contributed by atoms with Gasteiger partial charge >= 0.3 is 5.97 Å². The maximum atomic E-state index is 14.0. The van der Waals surface area contributed by atoms with Crippen molar-refractivity contribution in [1.82, 2.24) is 14.8 Å². The Kier molecular flexibility index (Phi) is 5.93. The molecule has 7 nitrogen and oxygen atoms in total. The van der Waals surface area contributed by atoms with Gasteiger partial charge in [-0.3, -0.25) is 9.59 Å². The molecule has 1 aliphatic rings. The van der Waals surface area contributed by atoms with Crippen LogP contribution in [0.4, 0.5) is 4.39 Å². The zero-order valence-electron chi connectivity index (χ0n) is 16.3. The highest BCUT2D eigenvalue weighted by Gasteiger charge is 2.30. The minimum atomic E-state index is -0.634. The fourth-order valence-electron chi connectivity index (χ4n) is 3.47. The first-order chi connectivity index (χ1) is 13.7. The van der Waals surface area contributed by atoms with Crippen LogP contribution in [0.1, 0.15) is 42.5 Å². The number of halogens is 2. The van der Waals surface area contributed by atoms with Crippen molar-refractivity contribution in [2.24, 2.45) is 0 Å². The Labute approximate surface area is 172 Å². The molecule has 1 aromatic heterocycles. The summed E-state index contributed by atoms with van der Waals surface area (Å²) in [7, 11) is 1.29. The van der Waals surface area contributed by atoms with Crippen molar-refractivity contribution in [3.63, 3.8) is 0 Å². The first kappa shape index (κ1) is 20.9. The first-order valence-corrected chi connectivity index (χ1v) is 9.43. The Hall–Kier alpha value is -2.87. The van der Waals surface area contributed by atoms with E-state index in [0.29, 0.717) is 22.5 Å². The fraction of sp³-hybridized carbons (Fsp3) is 0.350. The van der Waals surface area contributed by atoms with E-state index in [0.717, 1.165) is 6.07 Å². The van der Waals surface area contributed by atoms with Crippen LogP contribution in [0.15, 0.2) is 18.2 Å². The summed E-state index contributed by atoms with van der Waals surface area (Å²) >= 11 is 5.87. The van der Waals surface area contributed by atoms with Crippen molar-refractivity contribution in [1.29, 1.82) is 0 Å². The molecule has 0 radical (unpaired) electrons. The molecule has 1 N–H and O–H groups in total. The summed E-state index contributed by atoms with van der Waals surface area (Å²) in [5.74, 6) is -1.86. The molecule has 0 saturated carbocycles. The Morgan fingerprint density at radius 2 is 1.66 bits per heavy atom. The summed E-state index contributed by atoms with van der Waals surface area (Å²) in [6.45, 7) is 4.49. The zero-order valence-corrected chi connectivity index (χ0v) is 17.1. The number of aromatic amines is 1. The van der Waals surface area contributed by atoms with Gasteiger partial charge in [-0.15, -0.1) is 0 Å². The van der Waals surface area contributed by atoms with E-state index < -0.39 is 17.7 Å². The van der Waals surface area contributed by atoms with E-state index in [4.69, 9.17) is 16.3 Å². The van der Waals surface area contributed by atoms with Crippen LogP contribution in [0.5, 0.6) is 0 Å². The van der Waals surface area contributed by atoms with Crippen molar-refractivity contribution >= 4 is 29.4 Å². The molecule has 1 saturated heterocycles. The van der Waals surface area contributed by atoms with E-state index in [2.05, 4.69) is 4.98 Å². The average molecular weight is 422 g/mol. The fourth-order valence-corrected chi connectivity index (χ4v) is 3.65. The number of rotatable bonds is 3. The summed E-state index contributed by atoms with van der Waals surface area (Å²) in [4.78, 5) is 43.5. The molecule has 0 atom stereocenters. The summed E-state index contributed by atoms with van der Waals surface area (Å²) in [6.07, 6.45) is 0. The number of H-pyrrole nitrogens is 1. The normalized spacial score (nSPS) is 14.1. The first-order valence-electron chi connectivity index (χ1n) is 9.05. The van der Waals surface area contributed by atoms with Gasteiger partial charge in [0.2, 0.25) is 0 Å². The molecule has 1 fully saturated rings. The molecule has 29 heavy (non-hydrogen) atoms. The molecule has 9 heteroatoms. The molecule has 1 aromatic carbocycles. The number of hydrogen-bond donors (Lipinski definition) is 1. The molecule has 0 aliphatic carbocycles. The van der Waals surface area contributed by atoms with Crippen molar-refractivity contribution in [3.8, 4) is 0 Å². The predicted molar refractivity (Wildman–Crippen MR) is 105 cm³/mol. The number of benzene rings is 1. The SMILES string of the molecule is COC(=O)c1c(C)[nH]c(C(=O)N2CCN(C(=O)c3cc(Cl)ccc3F)CC2)c1C. The smallest absolute Gasteiger partial charge is 0.339 e. The lowest BCUT2D eigenvalue weighted by molar-refractivity contribution is 0.0529. The number of hydrogen-bond acceptors (Lipinski definition) is 4. The number of piperazine rings is 1. The van der Waals surface area contributed by atoms with E-state index in [1.54, 1.807) is 18.7 Å². The molecular formula is C20H21ClFN3O4. The molecular weight excluding hydrogens is 401 g/mol.